The second-order valence-corrected chi connectivity index (χ2v) is 8.60. The van der Waals surface area contributed by atoms with E-state index >= 15 is 0 Å². The number of rotatable bonds is 5. The molecule has 1 heterocycles. The van der Waals surface area contributed by atoms with Gasteiger partial charge in [-0.05, 0) is 46.7 Å². The predicted molar refractivity (Wildman–Crippen MR) is 139 cm³/mol. The standard InChI is InChI=1S/C30H23NO6/c1-18(32)37-25-12-5-9-21(16-25)27-26(28(33)22-14-13-19-7-3-4-8-20(19)15-22)29(34)30(35)31(27)23-10-6-11-24(17-23)36-2/h3-17,27,33H,1-2H3/b28-26-. The van der Waals surface area contributed by atoms with Crippen LogP contribution >= 0.6 is 0 Å². The van der Waals surface area contributed by atoms with Crippen LogP contribution in [-0.2, 0) is 14.4 Å². The van der Waals surface area contributed by atoms with Crippen molar-refractivity contribution < 1.29 is 29.0 Å². The largest absolute Gasteiger partial charge is 0.507 e. The first-order valence-electron chi connectivity index (χ1n) is 11.6. The number of ether oxygens (including phenoxy) is 2. The molecule has 4 aromatic carbocycles. The number of hydrogen-bond donors (Lipinski definition) is 1. The predicted octanol–water partition coefficient (Wildman–Crippen LogP) is 5.40. The van der Waals surface area contributed by atoms with E-state index in [-0.39, 0.29) is 17.1 Å². The van der Waals surface area contributed by atoms with Gasteiger partial charge in [0.15, 0.2) is 0 Å². The van der Waals surface area contributed by atoms with Gasteiger partial charge in [0.25, 0.3) is 11.7 Å². The monoisotopic (exact) mass is 493 g/mol. The van der Waals surface area contributed by atoms with Gasteiger partial charge < -0.3 is 14.6 Å². The van der Waals surface area contributed by atoms with Gasteiger partial charge in [0, 0.05) is 24.2 Å². The summed E-state index contributed by atoms with van der Waals surface area (Å²) in [5.74, 6) is -1.66. The number of amides is 1. The first kappa shape index (κ1) is 23.8. The zero-order valence-corrected chi connectivity index (χ0v) is 20.2. The Morgan fingerprint density at radius 2 is 1.57 bits per heavy atom. The number of ketones is 1. The fourth-order valence-corrected chi connectivity index (χ4v) is 4.58. The third-order valence-corrected chi connectivity index (χ3v) is 6.23. The van der Waals surface area contributed by atoms with Crippen LogP contribution in [0, 0.1) is 0 Å². The molecule has 1 saturated heterocycles. The van der Waals surface area contributed by atoms with Crippen LogP contribution < -0.4 is 14.4 Å². The fraction of sp³-hybridized carbons (Fsp3) is 0.100. The highest BCUT2D eigenvalue weighted by Crippen LogP contribution is 2.43. The van der Waals surface area contributed by atoms with E-state index in [1.807, 2.05) is 30.3 Å². The van der Waals surface area contributed by atoms with Crippen molar-refractivity contribution >= 4 is 39.9 Å². The molecule has 0 radical (unpaired) electrons. The van der Waals surface area contributed by atoms with Crippen molar-refractivity contribution in [2.75, 3.05) is 12.0 Å². The molecule has 184 valence electrons. The minimum absolute atomic E-state index is 0.0666. The highest BCUT2D eigenvalue weighted by molar-refractivity contribution is 6.51. The second kappa shape index (κ2) is 9.62. The van der Waals surface area contributed by atoms with E-state index in [0.717, 1.165) is 10.8 Å². The normalized spacial score (nSPS) is 16.7. The lowest BCUT2D eigenvalue weighted by Crippen LogP contribution is -2.29. The summed E-state index contributed by atoms with van der Waals surface area (Å²) in [5.41, 5.74) is 1.25. The number of nitrogens with zero attached hydrogens (tertiary/aromatic N) is 1. The molecule has 1 aliphatic rings. The third-order valence-electron chi connectivity index (χ3n) is 6.23. The molecule has 1 N–H and O–H groups in total. The van der Waals surface area contributed by atoms with Crippen molar-refractivity contribution in [1.29, 1.82) is 0 Å². The summed E-state index contributed by atoms with van der Waals surface area (Å²) in [7, 11) is 1.51. The van der Waals surface area contributed by atoms with E-state index in [1.54, 1.807) is 60.7 Å². The maximum Gasteiger partial charge on any atom is 0.308 e. The molecule has 0 spiro atoms. The minimum atomic E-state index is -0.978. The number of anilines is 1. The molecule has 0 bridgehead atoms. The minimum Gasteiger partial charge on any atom is -0.507 e. The van der Waals surface area contributed by atoms with Crippen molar-refractivity contribution in [3.05, 3.63) is 108 Å². The van der Waals surface area contributed by atoms with Crippen molar-refractivity contribution in [3.8, 4) is 11.5 Å². The van der Waals surface area contributed by atoms with E-state index in [4.69, 9.17) is 9.47 Å². The van der Waals surface area contributed by atoms with Crippen molar-refractivity contribution in [2.24, 2.45) is 0 Å². The van der Waals surface area contributed by atoms with Crippen LogP contribution in [-0.4, -0.2) is 29.9 Å². The maximum absolute atomic E-state index is 13.4. The van der Waals surface area contributed by atoms with Gasteiger partial charge in [0.1, 0.15) is 17.3 Å². The Balaban J connectivity index is 1.72. The SMILES string of the molecule is COc1cccc(N2C(=O)C(=O)/C(=C(\O)c3ccc4ccccc4c3)C2c2cccc(OC(C)=O)c2)c1. The zero-order valence-electron chi connectivity index (χ0n) is 20.2. The number of benzene rings is 4. The fourth-order valence-electron chi connectivity index (χ4n) is 4.58. The van der Waals surface area contributed by atoms with Gasteiger partial charge in [-0.2, -0.15) is 0 Å². The molecule has 4 aromatic rings. The molecular formula is C30H23NO6. The summed E-state index contributed by atoms with van der Waals surface area (Å²) in [6.07, 6.45) is 0. The number of aliphatic hydroxyl groups is 1. The molecule has 1 aliphatic heterocycles. The van der Waals surface area contributed by atoms with Gasteiger partial charge in [-0.25, -0.2) is 0 Å². The van der Waals surface area contributed by atoms with Crippen LogP contribution in [0.25, 0.3) is 16.5 Å². The summed E-state index contributed by atoms with van der Waals surface area (Å²) in [6.45, 7) is 1.29. The molecule has 5 rings (SSSR count). The molecule has 0 aromatic heterocycles. The first-order chi connectivity index (χ1) is 17.9. The Morgan fingerprint density at radius 3 is 2.32 bits per heavy atom. The number of methoxy groups -OCH3 is 1. The van der Waals surface area contributed by atoms with Crippen LogP contribution in [0.15, 0.2) is 96.6 Å². The lowest BCUT2D eigenvalue weighted by atomic mass is 9.94. The molecule has 37 heavy (non-hydrogen) atoms. The Bertz CT molecular complexity index is 1590. The highest BCUT2D eigenvalue weighted by Gasteiger charge is 2.47. The van der Waals surface area contributed by atoms with E-state index in [1.165, 1.54) is 18.9 Å². The molecule has 0 aliphatic carbocycles. The lowest BCUT2D eigenvalue weighted by molar-refractivity contribution is -0.132. The number of fused-ring (bicyclic) bond motifs is 1. The highest BCUT2D eigenvalue weighted by atomic mass is 16.5. The maximum atomic E-state index is 13.4. The smallest absolute Gasteiger partial charge is 0.308 e. The van der Waals surface area contributed by atoms with Gasteiger partial charge in [-0.15, -0.1) is 0 Å². The number of esters is 1. The number of aliphatic hydroxyl groups excluding tert-OH is 1. The summed E-state index contributed by atoms with van der Waals surface area (Å²) in [4.78, 5) is 39.7. The zero-order chi connectivity index (χ0) is 26.1. The summed E-state index contributed by atoms with van der Waals surface area (Å²) >= 11 is 0. The number of carbonyl (C=O) groups is 3. The van der Waals surface area contributed by atoms with Crippen molar-refractivity contribution in [2.45, 2.75) is 13.0 Å². The van der Waals surface area contributed by atoms with Crippen LogP contribution in [0.4, 0.5) is 5.69 Å². The molecule has 7 nitrogen and oxygen atoms in total. The Morgan fingerprint density at radius 1 is 0.838 bits per heavy atom. The number of Topliss-reactive ketones (excluding diaryl/α,β-unsaturated/α-hetero) is 1. The van der Waals surface area contributed by atoms with Gasteiger partial charge in [0.2, 0.25) is 0 Å². The first-order valence-corrected chi connectivity index (χ1v) is 11.6. The molecule has 7 heteroatoms. The van der Waals surface area contributed by atoms with Gasteiger partial charge in [0.05, 0.1) is 18.7 Å². The number of hydrogen-bond acceptors (Lipinski definition) is 6. The number of carbonyl (C=O) groups excluding carboxylic acids is 3. The molecular weight excluding hydrogens is 470 g/mol. The lowest BCUT2D eigenvalue weighted by Gasteiger charge is -2.26. The van der Waals surface area contributed by atoms with E-state index in [0.29, 0.717) is 22.6 Å². The van der Waals surface area contributed by atoms with Crippen LogP contribution in [0.3, 0.4) is 0 Å². The summed E-state index contributed by atoms with van der Waals surface area (Å²) < 4.78 is 10.6. The van der Waals surface area contributed by atoms with E-state index in [9.17, 15) is 19.5 Å². The van der Waals surface area contributed by atoms with Gasteiger partial charge >= 0.3 is 5.97 Å². The van der Waals surface area contributed by atoms with Crippen LogP contribution in [0.2, 0.25) is 0 Å². The average Bonchev–Trinajstić information content (AvgIpc) is 3.18. The topological polar surface area (TPSA) is 93.1 Å². The Hall–Kier alpha value is -4.91. The van der Waals surface area contributed by atoms with Crippen LogP contribution in [0.5, 0.6) is 11.5 Å². The molecule has 1 amide bonds. The average molecular weight is 494 g/mol. The van der Waals surface area contributed by atoms with Crippen molar-refractivity contribution in [1.82, 2.24) is 0 Å². The molecule has 0 saturated carbocycles. The van der Waals surface area contributed by atoms with Crippen LogP contribution in [0.1, 0.15) is 24.1 Å². The Labute approximate surface area is 213 Å². The Kier molecular flexibility index (Phi) is 6.19. The molecule has 1 fully saturated rings. The van der Waals surface area contributed by atoms with Gasteiger partial charge in [-0.1, -0.05) is 54.6 Å². The van der Waals surface area contributed by atoms with E-state index in [2.05, 4.69) is 0 Å². The molecule has 1 atom stereocenters. The van der Waals surface area contributed by atoms with Crippen molar-refractivity contribution in [3.63, 3.8) is 0 Å². The summed E-state index contributed by atoms with van der Waals surface area (Å²) in [5, 5.41) is 13.3. The van der Waals surface area contributed by atoms with Gasteiger partial charge in [-0.3, -0.25) is 19.3 Å². The second-order valence-electron chi connectivity index (χ2n) is 8.60. The quantitative estimate of drug-likeness (QED) is 0.132. The van der Waals surface area contributed by atoms with E-state index < -0.39 is 23.7 Å². The molecule has 1 unspecified atom stereocenters. The third kappa shape index (κ3) is 4.43. The summed E-state index contributed by atoms with van der Waals surface area (Å²) in [6, 6.07) is 25.3.